The molecule has 51 heavy (non-hydrogen) atoms. The Morgan fingerprint density at radius 1 is 0.922 bits per heavy atom. The maximum Gasteiger partial charge on any atom is 0.335 e. The SMILES string of the molecule is Cc1c(C)n(C)c(=O)n(-c2ccc(C[C@H](NC(=O)c3cc(F)c(NS(=O)(=O)c4ccc(C(=O)NC(C)(C)C)cc4O)cc3F)C(=O)O)cc2)c1=O. The second-order valence-electron chi connectivity index (χ2n) is 12.7. The van der Waals surface area contributed by atoms with Gasteiger partial charge in [0.1, 0.15) is 28.3 Å². The van der Waals surface area contributed by atoms with Crippen LogP contribution in [0.3, 0.4) is 0 Å². The van der Waals surface area contributed by atoms with Gasteiger partial charge in [-0.3, -0.25) is 19.1 Å². The quantitative estimate of drug-likeness (QED) is 0.163. The van der Waals surface area contributed by atoms with Crippen molar-refractivity contribution in [2.45, 2.75) is 57.5 Å². The van der Waals surface area contributed by atoms with Crippen molar-refractivity contribution in [1.29, 1.82) is 0 Å². The van der Waals surface area contributed by atoms with Crippen LogP contribution in [-0.4, -0.2) is 57.1 Å². The van der Waals surface area contributed by atoms with Gasteiger partial charge in [-0.1, -0.05) is 12.1 Å². The standard InChI is InChI=1S/C34H35F2N5O9S/c1-17-18(2)40(6)33(48)41(31(17)45)21-10-7-19(8-11-21)13-26(32(46)47)37-30(44)22-15-24(36)25(16-23(22)35)39-51(49,50)28-12-9-20(14-27(28)42)29(43)38-34(3,4)5/h7-12,14-16,26,39,42H,13H2,1-6H3,(H,37,44)(H,38,43)(H,46,47)/t26-/m0/s1. The molecule has 0 bridgehead atoms. The number of phenolic OH excluding ortho intramolecular Hbond substituents is 1. The number of carboxylic acids is 1. The predicted molar refractivity (Wildman–Crippen MR) is 182 cm³/mol. The summed E-state index contributed by atoms with van der Waals surface area (Å²) in [5.41, 5.74) is -2.24. The monoisotopic (exact) mass is 727 g/mol. The molecule has 1 aromatic heterocycles. The van der Waals surface area contributed by atoms with Crippen LogP contribution in [0.1, 0.15) is 58.3 Å². The number of carbonyl (C=O) groups excluding carboxylic acids is 2. The molecule has 14 nitrogen and oxygen atoms in total. The molecule has 4 rings (SSSR count). The highest BCUT2D eigenvalue weighted by atomic mass is 32.2. The second-order valence-corrected chi connectivity index (χ2v) is 14.4. The molecule has 17 heteroatoms. The van der Waals surface area contributed by atoms with Gasteiger partial charge in [0.25, 0.3) is 27.4 Å². The first kappa shape index (κ1) is 38.0. The van der Waals surface area contributed by atoms with Crippen molar-refractivity contribution in [3.63, 3.8) is 0 Å². The van der Waals surface area contributed by atoms with Gasteiger partial charge in [-0.25, -0.2) is 31.4 Å². The molecule has 5 N–H and O–H groups in total. The van der Waals surface area contributed by atoms with Crippen molar-refractivity contribution in [2.24, 2.45) is 7.05 Å². The van der Waals surface area contributed by atoms with Crippen molar-refractivity contribution in [3.8, 4) is 11.4 Å². The van der Waals surface area contributed by atoms with Gasteiger partial charge in [0.2, 0.25) is 0 Å². The Labute approximate surface area is 290 Å². The van der Waals surface area contributed by atoms with E-state index in [-0.39, 0.29) is 17.7 Å². The molecular weight excluding hydrogens is 692 g/mol. The number of sulfonamides is 1. The van der Waals surface area contributed by atoms with E-state index in [1.54, 1.807) is 39.3 Å². The lowest BCUT2D eigenvalue weighted by Crippen LogP contribution is -2.42. The lowest BCUT2D eigenvalue weighted by Gasteiger charge is -2.20. The van der Waals surface area contributed by atoms with E-state index in [0.717, 1.165) is 22.8 Å². The van der Waals surface area contributed by atoms with Crippen LogP contribution in [0.2, 0.25) is 0 Å². The number of hydrogen-bond acceptors (Lipinski definition) is 8. The maximum absolute atomic E-state index is 15.1. The molecule has 0 aliphatic heterocycles. The van der Waals surface area contributed by atoms with Crippen molar-refractivity contribution < 1.29 is 41.8 Å². The number of hydrogen-bond donors (Lipinski definition) is 5. The van der Waals surface area contributed by atoms with E-state index in [2.05, 4.69) is 10.6 Å². The number of halogens is 2. The molecule has 0 spiro atoms. The molecule has 0 unspecified atom stereocenters. The third kappa shape index (κ3) is 8.31. The first-order chi connectivity index (χ1) is 23.6. The lowest BCUT2D eigenvalue weighted by atomic mass is 10.0. The van der Waals surface area contributed by atoms with Crippen molar-refractivity contribution in [3.05, 3.63) is 115 Å². The number of phenols is 1. The van der Waals surface area contributed by atoms with E-state index in [1.807, 2.05) is 0 Å². The topological polar surface area (TPSA) is 206 Å². The zero-order valence-electron chi connectivity index (χ0n) is 28.3. The minimum atomic E-state index is -4.74. The van der Waals surface area contributed by atoms with Gasteiger partial charge in [-0.15, -0.1) is 0 Å². The van der Waals surface area contributed by atoms with E-state index >= 15 is 8.78 Å². The number of rotatable bonds is 10. The summed E-state index contributed by atoms with van der Waals surface area (Å²) in [6.07, 6.45) is -0.330. The van der Waals surface area contributed by atoms with Crippen LogP contribution in [0.25, 0.3) is 5.69 Å². The summed E-state index contributed by atoms with van der Waals surface area (Å²) in [5, 5.41) is 24.9. The Morgan fingerprint density at radius 2 is 1.55 bits per heavy atom. The summed E-state index contributed by atoms with van der Waals surface area (Å²) < 4.78 is 60.1. The largest absolute Gasteiger partial charge is 0.506 e. The van der Waals surface area contributed by atoms with Gasteiger partial charge in [-0.05, 0) is 76.6 Å². The number of aromatic hydroxyl groups is 1. The molecule has 3 aromatic carbocycles. The number of nitrogens with one attached hydrogen (secondary N) is 3. The summed E-state index contributed by atoms with van der Waals surface area (Å²) in [5.74, 6) is -7.09. The number of carboxylic acid groups (broad SMARTS) is 1. The number of aromatic nitrogens is 2. The minimum Gasteiger partial charge on any atom is -0.506 e. The van der Waals surface area contributed by atoms with Gasteiger partial charge in [0.15, 0.2) is 0 Å². The van der Waals surface area contributed by atoms with E-state index in [1.165, 1.54) is 35.9 Å². The number of benzene rings is 3. The molecular formula is C34H35F2N5O9S. The molecule has 0 saturated heterocycles. The minimum absolute atomic E-state index is 0.0631. The summed E-state index contributed by atoms with van der Waals surface area (Å²) in [6, 6.07) is 7.71. The van der Waals surface area contributed by atoms with E-state index in [0.29, 0.717) is 29.0 Å². The Balaban J connectivity index is 1.51. The summed E-state index contributed by atoms with van der Waals surface area (Å²) in [6.45, 7) is 8.35. The Bertz CT molecular complexity index is 2260. The highest BCUT2D eigenvalue weighted by molar-refractivity contribution is 7.92. The van der Waals surface area contributed by atoms with Crippen molar-refractivity contribution >= 4 is 33.5 Å². The third-order valence-electron chi connectivity index (χ3n) is 7.83. The Kier molecular flexibility index (Phi) is 10.6. The molecule has 0 fully saturated rings. The number of amides is 2. The van der Waals surface area contributed by atoms with Crippen molar-refractivity contribution in [2.75, 3.05) is 4.72 Å². The van der Waals surface area contributed by atoms with Gasteiger partial charge in [0, 0.05) is 41.9 Å². The molecule has 1 atom stereocenters. The molecule has 0 radical (unpaired) electrons. The highest BCUT2D eigenvalue weighted by Crippen LogP contribution is 2.28. The molecule has 2 amide bonds. The molecule has 270 valence electrons. The fraction of sp³-hybridized carbons (Fsp3) is 0.265. The first-order valence-electron chi connectivity index (χ1n) is 15.2. The van der Waals surface area contributed by atoms with Crippen LogP contribution in [0, 0.1) is 25.5 Å². The highest BCUT2D eigenvalue weighted by Gasteiger charge is 2.27. The summed E-state index contributed by atoms with van der Waals surface area (Å²) in [4.78, 5) is 62.0. The summed E-state index contributed by atoms with van der Waals surface area (Å²) in [7, 11) is -3.23. The Hall–Kier alpha value is -5.84. The van der Waals surface area contributed by atoms with Crippen LogP contribution < -0.4 is 26.6 Å². The number of aliphatic carboxylic acids is 1. The molecule has 0 saturated carbocycles. The molecule has 0 aliphatic rings. The van der Waals surface area contributed by atoms with E-state index in [9.17, 15) is 42.6 Å². The lowest BCUT2D eigenvalue weighted by molar-refractivity contribution is -0.139. The third-order valence-corrected chi connectivity index (χ3v) is 9.24. The number of nitrogens with zero attached hydrogens (tertiary/aromatic N) is 2. The molecule has 0 aliphatic carbocycles. The molecule has 1 heterocycles. The van der Waals surface area contributed by atoms with E-state index in [4.69, 9.17) is 0 Å². The van der Waals surface area contributed by atoms with Crippen LogP contribution in [0.5, 0.6) is 5.75 Å². The first-order valence-corrected chi connectivity index (χ1v) is 16.7. The average molecular weight is 728 g/mol. The van der Waals surface area contributed by atoms with Gasteiger partial charge in [0.05, 0.1) is 16.9 Å². The Morgan fingerprint density at radius 3 is 2.12 bits per heavy atom. The summed E-state index contributed by atoms with van der Waals surface area (Å²) >= 11 is 0. The normalized spacial score (nSPS) is 12.2. The van der Waals surface area contributed by atoms with Gasteiger partial charge in [-0.2, -0.15) is 0 Å². The molecule has 4 aromatic rings. The fourth-order valence-electron chi connectivity index (χ4n) is 4.93. The predicted octanol–water partition coefficient (Wildman–Crippen LogP) is 2.89. The van der Waals surface area contributed by atoms with Crippen LogP contribution in [0.4, 0.5) is 14.5 Å². The zero-order chi connectivity index (χ0) is 38.2. The van der Waals surface area contributed by atoms with Crippen LogP contribution >= 0.6 is 0 Å². The van der Waals surface area contributed by atoms with E-state index < -0.39 is 84.2 Å². The maximum atomic E-state index is 15.1. The van der Waals surface area contributed by atoms with Crippen LogP contribution in [-0.2, 0) is 28.3 Å². The average Bonchev–Trinajstić information content (AvgIpc) is 3.03. The van der Waals surface area contributed by atoms with Gasteiger partial charge >= 0.3 is 11.7 Å². The number of carbonyl (C=O) groups is 3. The zero-order valence-corrected chi connectivity index (χ0v) is 29.1. The second kappa shape index (κ2) is 14.2. The smallest absolute Gasteiger partial charge is 0.335 e. The van der Waals surface area contributed by atoms with Crippen molar-refractivity contribution in [1.82, 2.24) is 19.8 Å². The van der Waals surface area contributed by atoms with Crippen LogP contribution in [0.15, 0.2) is 69.1 Å². The fourth-order valence-corrected chi connectivity index (χ4v) is 6.07. The van der Waals surface area contributed by atoms with Gasteiger partial charge < -0.3 is 25.4 Å². The number of anilines is 1.